The fourth-order valence-corrected chi connectivity index (χ4v) is 2.56. The second-order valence-electron chi connectivity index (χ2n) is 7.29. The number of carbonyl (C=O) groups is 1. The third-order valence-electron chi connectivity index (χ3n) is 4.13. The van der Waals surface area contributed by atoms with Crippen molar-refractivity contribution in [3.05, 3.63) is 59.7 Å². The first-order valence-corrected chi connectivity index (χ1v) is 9.07. The molecule has 0 saturated carbocycles. The molecule has 1 unspecified atom stereocenters. The minimum Gasteiger partial charge on any atom is -0.494 e. The van der Waals surface area contributed by atoms with Gasteiger partial charge in [-0.05, 0) is 43.0 Å². The van der Waals surface area contributed by atoms with E-state index in [4.69, 9.17) is 9.47 Å². The van der Waals surface area contributed by atoms with Gasteiger partial charge in [-0.2, -0.15) is 0 Å². The number of carbonyl (C=O) groups excluding carboxylic acids is 1. The van der Waals surface area contributed by atoms with E-state index in [9.17, 15) is 4.79 Å². The van der Waals surface area contributed by atoms with E-state index in [0.29, 0.717) is 18.9 Å². The van der Waals surface area contributed by atoms with E-state index in [-0.39, 0.29) is 11.3 Å². The van der Waals surface area contributed by atoms with Crippen molar-refractivity contribution < 1.29 is 14.3 Å². The number of nitrogens with one attached hydrogen (secondary N) is 1. The molecule has 0 saturated heterocycles. The molecule has 0 heterocycles. The van der Waals surface area contributed by atoms with Gasteiger partial charge in [0.2, 0.25) is 0 Å². The van der Waals surface area contributed by atoms with Gasteiger partial charge in [0.15, 0.2) is 6.10 Å². The number of ether oxygens (including phenoxy) is 2. The maximum Gasteiger partial charge on any atom is 0.261 e. The lowest BCUT2D eigenvalue weighted by Gasteiger charge is -2.20. The molecule has 0 aliphatic heterocycles. The third kappa shape index (κ3) is 5.51. The summed E-state index contributed by atoms with van der Waals surface area (Å²) in [5, 5.41) is 2.91. The van der Waals surface area contributed by atoms with Crippen molar-refractivity contribution >= 4 is 5.91 Å². The average molecular weight is 355 g/mol. The quantitative estimate of drug-likeness (QED) is 0.797. The molecule has 0 aliphatic rings. The molecule has 0 fully saturated rings. The fourth-order valence-electron chi connectivity index (χ4n) is 2.56. The normalized spacial score (nSPS) is 12.3. The van der Waals surface area contributed by atoms with Gasteiger partial charge in [-0.1, -0.05) is 51.1 Å². The summed E-state index contributed by atoms with van der Waals surface area (Å²) >= 11 is 0. The van der Waals surface area contributed by atoms with Crippen molar-refractivity contribution in [2.24, 2.45) is 0 Å². The van der Waals surface area contributed by atoms with Crippen molar-refractivity contribution in [1.29, 1.82) is 0 Å². The van der Waals surface area contributed by atoms with Crippen molar-refractivity contribution in [1.82, 2.24) is 5.32 Å². The maximum absolute atomic E-state index is 12.3. The molecule has 2 aromatic rings. The Morgan fingerprint density at radius 2 is 1.73 bits per heavy atom. The SMILES string of the molecule is CCOc1ccccc1CNC(=O)C(C)Oc1ccc(C(C)(C)C)cc1. The maximum atomic E-state index is 12.3. The predicted octanol–water partition coefficient (Wildman–Crippen LogP) is 4.47. The molecule has 4 nitrogen and oxygen atoms in total. The molecular formula is C22H29NO3. The highest BCUT2D eigenvalue weighted by Crippen LogP contribution is 2.24. The summed E-state index contributed by atoms with van der Waals surface area (Å²) in [5.74, 6) is 1.33. The summed E-state index contributed by atoms with van der Waals surface area (Å²) in [6.45, 7) is 11.2. The zero-order chi connectivity index (χ0) is 19.2. The van der Waals surface area contributed by atoms with Crippen LogP contribution in [0.3, 0.4) is 0 Å². The lowest BCUT2D eigenvalue weighted by molar-refractivity contribution is -0.127. The number of hydrogen-bond acceptors (Lipinski definition) is 3. The van der Waals surface area contributed by atoms with Crippen molar-refractivity contribution in [3.63, 3.8) is 0 Å². The first kappa shape index (κ1) is 19.8. The van der Waals surface area contributed by atoms with Gasteiger partial charge in [0.05, 0.1) is 6.61 Å². The smallest absolute Gasteiger partial charge is 0.261 e. The standard InChI is InChI=1S/C22H29NO3/c1-6-25-20-10-8-7-9-17(20)15-23-21(24)16(2)26-19-13-11-18(12-14-19)22(3,4)5/h7-14,16H,6,15H2,1-5H3,(H,23,24). The summed E-state index contributed by atoms with van der Waals surface area (Å²) in [4.78, 5) is 12.3. The van der Waals surface area contributed by atoms with Gasteiger partial charge in [-0.3, -0.25) is 4.79 Å². The fraction of sp³-hybridized carbons (Fsp3) is 0.409. The predicted molar refractivity (Wildman–Crippen MR) is 105 cm³/mol. The van der Waals surface area contributed by atoms with Crippen molar-refractivity contribution in [2.45, 2.75) is 52.7 Å². The van der Waals surface area contributed by atoms with E-state index in [0.717, 1.165) is 11.3 Å². The van der Waals surface area contributed by atoms with E-state index >= 15 is 0 Å². The van der Waals surface area contributed by atoms with Crippen LogP contribution >= 0.6 is 0 Å². The Morgan fingerprint density at radius 1 is 1.08 bits per heavy atom. The molecule has 1 N–H and O–H groups in total. The van der Waals surface area contributed by atoms with Gasteiger partial charge < -0.3 is 14.8 Å². The molecule has 1 amide bonds. The summed E-state index contributed by atoms with van der Waals surface area (Å²) in [6, 6.07) is 15.6. The molecule has 26 heavy (non-hydrogen) atoms. The lowest BCUT2D eigenvalue weighted by atomic mass is 9.87. The molecule has 140 valence electrons. The van der Waals surface area contributed by atoms with Crippen molar-refractivity contribution in [3.8, 4) is 11.5 Å². The third-order valence-corrected chi connectivity index (χ3v) is 4.13. The Kier molecular flexibility index (Phi) is 6.67. The summed E-state index contributed by atoms with van der Waals surface area (Å²) in [5.41, 5.74) is 2.27. The number of amides is 1. The van der Waals surface area contributed by atoms with E-state index in [2.05, 4.69) is 26.1 Å². The van der Waals surface area contributed by atoms with Crippen LogP contribution in [-0.2, 0) is 16.8 Å². The van der Waals surface area contributed by atoms with Crippen molar-refractivity contribution in [2.75, 3.05) is 6.61 Å². The Morgan fingerprint density at radius 3 is 2.35 bits per heavy atom. The van der Waals surface area contributed by atoms with E-state index < -0.39 is 6.10 Å². The zero-order valence-corrected chi connectivity index (χ0v) is 16.3. The Labute approximate surface area is 156 Å². The number of benzene rings is 2. The molecule has 2 rings (SSSR count). The monoisotopic (exact) mass is 355 g/mol. The molecular weight excluding hydrogens is 326 g/mol. The second kappa shape index (κ2) is 8.75. The molecule has 0 aromatic heterocycles. The van der Waals surface area contributed by atoms with Crippen LogP contribution in [0.25, 0.3) is 0 Å². The molecule has 0 bridgehead atoms. The highest BCUT2D eigenvalue weighted by Gasteiger charge is 2.17. The van der Waals surface area contributed by atoms with E-state index in [1.807, 2.05) is 55.5 Å². The lowest BCUT2D eigenvalue weighted by Crippen LogP contribution is -2.36. The van der Waals surface area contributed by atoms with Gasteiger partial charge >= 0.3 is 0 Å². The minimum atomic E-state index is -0.574. The molecule has 1 atom stereocenters. The summed E-state index contributed by atoms with van der Waals surface area (Å²) in [7, 11) is 0. The Balaban J connectivity index is 1.92. The Bertz CT molecular complexity index is 717. The summed E-state index contributed by atoms with van der Waals surface area (Å²) in [6.07, 6.45) is -0.574. The first-order valence-electron chi connectivity index (χ1n) is 9.07. The molecule has 0 radical (unpaired) electrons. The van der Waals surface area contributed by atoms with Gasteiger partial charge in [-0.15, -0.1) is 0 Å². The molecule has 4 heteroatoms. The van der Waals surface area contributed by atoms with Crippen LogP contribution in [0.5, 0.6) is 11.5 Å². The highest BCUT2D eigenvalue weighted by molar-refractivity contribution is 5.80. The van der Waals surface area contributed by atoms with Gasteiger partial charge in [0, 0.05) is 12.1 Å². The minimum absolute atomic E-state index is 0.0927. The van der Waals surface area contributed by atoms with Gasteiger partial charge in [-0.25, -0.2) is 0 Å². The van der Waals surface area contributed by atoms with Crippen LogP contribution < -0.4 is 14.8 Å². The summed E-state index contributed by atoms with van der Waals surface area (Å²) < 4.78 is 11.3. The Hall–Kier alpha value is -2.49. The van der Waals surface area contributed by atoms with Crippen LogP contribution in [0.15, 0.2) is 48.5 Å². The van der Waals surface area contributed by atoms with E-state index in [1.165, 1.54) is 5.56 Å². The van der Waals surface area contributed by atoms with Crippen LogP contribution in [-0.4, -0.2) is 18.6 Å². The van der Waals surface area contributed by atoms with E-state index in [1.54, 1.807) is 6.92 Å². The highest BCUT2D eigenvalue weighted by atomic mass is 16.5. The number of hydrogen-bond donors (Lipinski definition) is 1. The zero-order valence-electron chi connectivity index (χ0n) is 16.3. The number of rotatable bonds is 7. The van der Waals surface area contributed by atoms with Gasteiger partial charge in [0.25, 0.3) is 5.91 Å². The van der Waals surface area contributed by atoms with Crippen LogP contribution in [0.1, 0.15) is 45.7 Å². The van der Waals surface area contributed by atoms with Crippen LogP contribution in [0.2, 0.25) is 0 Å². The average Bonchev–Trinajstić information content (AvgIpc) is 2.60. The molecule has 0 spiro atoms. The molecule has 2 aromatic carbocycles. The second-order valence-corrected chi connectivity index (χ2v) is 7.29. The van der Waals surface area contributed by atoms with Gasteiger partial charge in [0.1, 0.15) is 11.5 Å². The first-order chi connectivity index (χ1) is 12.3. The topological polar surface area (TPSA) is 47.6 Å². The molecule has 0 aliphatic carbocycles. The number of para-hydroxylation sites is 1. The largest absolute Gasteiger partial charge is 0.494 e. The van der Waals surface area contributed by atoms with Crippen LogP contribution in [0.4, 0.5) is 0 Å². The van der Waals surface area contributed by atoms with Crippen LogP contribution in [0, 0.1) is 0 Å².